The average Bonchev–Trinajstić information content (AvgIpc) is 3.58. The largest absolute Gasteiger partial charge is 0.481 e. The third kappa shape index (κ3) is 14.8. The van der Waals surface area contributed by atoms with Gasteiger partial charge in [0.15, 0.2) is 6.10 Å². The van der Waals surface area contributed by atoms with Crippen molar-refractivity contribution < 1.29 is 38.2 Å². The first-order chi connectivity index (χ1) is 24.9. The van der Waals surface area contributed by atoms with E-state index in [1.165, 1.54) is 30.4 Å². The van der Waals surface area contributed by atoms with Gasteiger partial charge in [-0.05, 0) is 62.6 Å². The zero-order valence-electron chi connectivity index (χ0n) is 33.1. The van der Waals surface area contributed by atoms with Crippen LogP contribution in [0.4, 0.5) is 10.1 Å². The van der Waals surface area contributed by atoms with E-state index in [9.17, 15) is 33.5 Å². The van der Waals surface area contributed by atoms with Crippen molar-refractivity contribution in [2.24, 2.45) is 17.3 Å². The van der Waals surface area contributed by atoms with Crippen LogP contribution in [0.1, 0.15) is 147 Å². The Hall–Kier alpha value is -3.87. The number of benzene rings is 1. The van der Waals surface area contributed by atoms with Crippen molar-refractivity contribution in [3.8, 4) is 0 Å². The Morgan fingerprint density at radius 2 is 1.75 bits per heavy atom. The van der Waals surface area contributed by atoms with Gasteiger partial charge in [0.2, 0.25) is 11.8 Å². The summed E-state index contributed by atoms with van der Waals surface area (Å²) in [5.41, 5.74) is -0.628. The number of unbranched alkanes of at least 4 members (excludes halogenated alkanes) is 3. The normalized spacial score (nSPS) is 13.9. The number of halogens is 1. The molecule has 296 valence electrons. The smallest absolute Gasteiger partial charge is 0.309 e. The van der Waals surface area contributed by atoms with Gasteiger partial charge in [-0.1, -0.05) is 73.3 Å². The lowest BCUT2D eigenvalue weighted by Crippen LogP contribution is -2.45. The number of esters is 1. The maximum Gasteiger partial charge on any atom is 0.309 e. The molecule has 0 radical (unpaired) electrons. The number of thiazole rings is 1. The summed E-state index contributed by atoms with van der Waals surface area (Å²) in [7, 11) is 0. The van der Waals surface area contributed by atoms with Crippen molar-refractivity contribution in [3.05, 3.63) is 45.7 Å². The van der Waals surface area contributed by atoms with Gasteiger partial charge in [0.05, 0.1) is 11.1 Å². The maximum atomic E-state index is 14.9. The van der Waals surface area contributed by atoms with Crippen LogP contribution in [0.3, 0.4) is 0 Å². The van der Waals surface area contributed by atoms with Crippen molar-refractivity contribution in [2.75, 3.05) is 11.9 Å². The molecule has 53 heavy (non-hydrogen) atoms. The molecule has 2 aromatic rings. The predicted octanol–water partition coefficient (Wildman–Crippen LogP) is 8.34. The molecule has 0 saturated heterocycles. The summed E-state index contributed by atoms with van der Waals surface area (Å²) in [4.78, 5) is 70.1. The number of nitrogens with zero attached hydrogens (tertiary/aromatic N) is 2. The summed E-state index contributed by atoms with van der Waals surface area (Å²) < 4.78 is 20.7. The Morgan fingerprint density at radius 1 is 1.06 bits per heavy atom. The van der Waals surface area contributed by atoms with Crippen LogP contribution in [0.15, 0.2) is 23.6 Å². The summed E-state index contributed by atoms with van der Waals surface area (Å²) in [5, 5.41) is 17.2. The summed E-state index contributed by atoms with van der Waals surface area (Å²) >= 11 is 1.17. The van der Waals surface area contributed by atoms with E-state index in [1.54, 1.807) is 32.2 Å². The minimum atomic E-state index is -1.22. The topological polar surface area (TPSA) is 155 Å². The molecule has 0 saturated carbocycles. The zero-order valence-corrected chi connectivity index (χ0v) is 33.9. The van der Waals surface area contributed by atoms with Gasteiger partial charge in [0.25, 0.3) is 5.91 Å². The van der Waals surface area contributed by atoms with Crippen LogP contribution in [-0.4, -0.2) is 63.3 Å². The molecule has 0 aliphatic rings. The van der Waals surface area contributed by atoms with Crippen molar-refractivity contribution >= 4 is 46.7 Å². The van der Waals surface area contributed by atoms with Gasteiger partial charge in [0, 0.05) is 50.2 Å². The van der Waals surface area contributed by atoms with E-state index in [0.717, 1.165) is 32.1 Å². The summed E-state index contributed by atoms with van der Waals surface area (Å²) in [5.74, 6) is -2.76. The van der Waals surface area contributed by atoms with Gasteiger partial charge in [-0.15, -0.1) is 11.3 Å². The lowest BCUT2D eigenvalue weighted by atomic mass is 9.84. The molecule has 0 spiro atoms. The lowest BCUT2D eigenvalue weighted by Gasteiger charge is -2.37. The SMILES string of the molecule is CCCCCCN(C(=O)C[C@@H](C)CC)[C@H](C[C@@H](OC(C)=O)c1nc(C(=O)N[C@@H](Cc2ccc(NC(=O)CC)c(F)c2)CC(C)(C)C(=O)O)cs1)C(C)C. The fourth-order valence-electron chi connectivity index (χ4n) is 6.11. The number of carboxylic acids is 1. The Kier molecular flexibility index (Phi) is 18.6. The Labute approximate surface area is 318 Å². The fraction of sp³-hybridized carbons (Fsp3) is 0.650. The van der Waals surface area contributed by atoms with Crippen LogP contribution in [0.25, 0.3) is 0 Å². The number of anilines is 1. The highest BCUT2D eigenvalue weighted by molar-refractivity contribution is 7.09. The summed E-state index contributed by atoms with van der Waals surface area (Å²) in [6.45, 7) is 17.0. The van der Waals surface area contributed by atoms with Crippen molar-refractivity contribution in [1.82, 2.24) is 15.2 Å². The second-order valence-electron chi connectivity index (χ2n) is 15.1. The number of aliphatic carboxylic acids is 1. The number of nitrogens with one attached hydrogen (secondary N) is 2. The van der Waals surface area contributed by atoms with Crippen LogP contribution < -0.4 is 10.6 Å². The number of rotatable bonds is 23. The minimum Gasteiger partial charge on any atom is -0.481 e. The van der Waals surface area contributed by atoms with Crippen molar-refractivity contribution in [2.45, 2.75) is 145 Å². The second kappa shape index (κ2) is 21.7. The highest BCUT2D eigenvalue weighted by atomic mass is 32.1. The Balaban J connectivity index is 2.39. The molecule has 3 amide bonds. The van der Waals surface area contributed by atoms with Gasteiger partial charge in [0.1, 0.15) is 16.5 Å². The Morgan fingerprint density at radius 3 is 2.32 bits per heavy atom. The van der Waals surface area contributed by atoms with Crippen molar-refractivity contribution in [3.63, 3.8) is 0 Å². The number of amides is 3. The first kappa shape index (κ1) is 45.3. The molecule has 11 nitrogen and oxygen atoms in total. The van der Waals surface area contributed by atoms with Gasteiger partial charge in [-0.2, -0.15) is 0 Å². The third-order valence-electron chi connectivity index (χ3n) is 9.54. The number of carboxylic acid groups (broad SMARTS) is 1. The minimum absolute atomic E-state index is 0.0311. The molecular weight excluding hydrogens is 700 g/mol. The molecule has 0 unspecified atom stereocenters. The molecule has 13 heteroatoms. The quantitative estimate of drug-likeness (QED) is 0.0755. The first-order valence-electron chi connectivity index (χ1n) is 19.0. The highest BCUT2D eigenvalue weighted by Crippen LogP contribution is 2.32. The summed E-state index contributed by atoms with van der Waals surface area (Å²) in [6, 6.07) is 3.35. The van der Waals surface area contributed by atoms with Gasteiger partial charge in [-0.3, -0.25) is 24.0 Å². The van der Waals surface area contributed by atoms with Gasteiger partial charge >= 0.3 is 11.9 Å². The number of ether oxygens (including phenoxy) is 1. The fourth-order valence-corrected chi connectivity index (χ4v) is 6.95. The number of carbonyl (C=O) groups is 5. The van der Waals surface area contributed by atoms with Crippen LogP contribution in [-0.2, 0) is 30.3 Å². The number of hydrogen-bond donors (Lipinski definition) is 3. The van der Waals surface area contributed by atoms with E-state index < -0.39 is 41.2 Å². The average molecular weight is 761 g/mol. The van der Waals surface area contributed by atoms with Crippen molar-refractivity contribution in [1.29, 1.82) is 0 Å². The molecule has 1 heterocycles. The molecule has 1 aromatic heterocycles. The van der Waals surface area contributed by atoms with Gasteiger partial charge in [-0.25, -0.2) is 9.37 Å². The highest BCUT2D eigenvalue weighted by Gasteiger charge is 2.34. The van der Waals surface area contributed by atoms with Crippen LogP contribution in [0, 0.1) is 23.1 Å². The number of aromatic nitrogens is 1. The first-order valence-corrected chi connectivity index (χ1v) is 19.8. The molecule has 0 aliphatic carbocycles. The predicted molar refractivity (Wildman–Crippen MR) is 206 cm³/mol. The molecule has 0 fully saturated rings. The standard InChI is InChI=1S/C40H61FN4O7S/c1-10-13-14-15-18-45(36(48)19-26(6)11-2)33(25(4)5)22-34(52-27(7)46)38-44-32(24-53-38)37(49)42-29(23-40(8,9)39(50)51)20-28-16-17-31(30(41)21-28)43-35(47)12-3/h16-17,21,24-26,29,33-34H,10-15,18-20,22-23H2,1-9H3,(H,42,49)(H,43,47)(H,50,51)/t26-,29-,33+,34+/m0/s1. The van der Waals surface area contributed by atoms with E-state index in [1.807, 2.05) is 18.7 Å². The molecule has 0 bridgehead atoms. The van der Waals surface area contributed by atoms with Gasteiger partial charge < -0.3 is 25.4 Å². The van der Waals surface area contributed by atoms with Crippen LogP contribution in [0.5, 0.6) is 0 Å². The maximum absolute atomic E-state index is 14.9. The Bertz CT molecular complexity index is 1530. The van der Waals surface area contributed by atoms with E-state index in [2.05, 4.69) is 36.4 Å². The zero-order chi connectivity index (χ0) is 39.9. The third-order valence-corrected chi connectivity index (χ3v) is 10.5. The van der Waals surface area contributed by atoms with E-state index in [-0.39, 0.29) is 60.3 Å². The summed E-state index contributed by atoms with van der Waals surface area (Å²) in [6.07, 6.45) is 5.19. The van der Waals surface area contributed by atoms with Crippen LogP contribution >= 0.6 is 11.3 Å². The molecule has 2 rings (SSSR count). The molecule has 0 aliphatic heterocycles. The lowest BCUT2D eigenvalue weighted by molar-refractivity contribution is -0.149. The molecule has 3 N–H and O–H groups in total. The second-order valence-corrected chi connectivity index (χ2v) is 16.0. The van der Waals surface area contributed by atoms with E-state index in [0.29, 0.717) is 30.0 Å². The van der Waals surface area contributed by atoms with E-state index >= 15 is 0 Å². The van der Waals surface area contributed by atoms with Crippen LogP contribution in [0.2, 0.25) is 0 Å². The number of hydrogen-bond acceptors (Lipinski definition) is 8. The van der Waals surface area contributed by atoms with E-state index in [4.69, 9.17) is 4.74 Å². The monoisotopic (exact) mass is 760 g/mol. The molecule has 1 aromatic carbocycles. The number of carbonyl (C=O) groups excluding carboxylic acids is 4. The molecular formula is C40H61FN4O7S. The molecule has 4 atom stereocenters.